The molecule has 3 aromatic rings. The molecule has 0 saturated carbocycles. The molecule has 8 heteroatoms. The second-order valence-electron chi connectivity index (χ2n) is 11.3. The second-order valence-corrected chi connectivity index (χ2v) is 15.1. The highest BCUT2D eigenvalue weighted by molar-refractivity contribution is 6.72. The molecule has 3 heterocycles. The Morgan fingerprint density at radius 1 is 0.949 bits per heavy atom. The number of aliphatic hydroxyl groups excluding tert-OH is 1. The van der Waals surface area contributed by atoms with E-state index in [2.05, 4.69) is 0 Å². The van der Waals surface area contributed by atoms with Crippen LogP contribution in [0.5, 0.6) is 0 Å². The number of carbonyl (C=O) groups is 2. The normalized spacial score (nSPS) is 26.3. The molecule has 2 amide bonds. The number of hydrogen-bond donors (Lipinski definition) is 1. The van der Waals surface area contributed by atoms with Crippen LogP contribution in [0.2, 0.25) is 18.6 Å². The lowest BCUT2D eigenvalue weighted by molar-refractivity contribution is -0.145. The van der Waals surface area contributed by atoms with Gasteiger partial charge < -0.3 is 14.0 Å². The lowest BCUT2D eigenvalue weighted by atomic mass is 9.82. The Labute approximate surface area is 229 Å². The van der Waals surface area contributed by atoms with Crippen molar-refractivity contribution in [1.29, 1.82) is 0 Å². The third-order valence-electron chi connectivity index (χ3n) is 8.63. The summed E-state index contributed by atoms with van der Waals surface area (Å²) >= 11 is 0. The minimum absolute atomic E-state index is 0.0133. The van der Waals surface area contributed by atoms with E-state index in [0.29, 0.717) is 35.5 Å². The van der Waals surface area contributed by atoms with Crippen LogP contribution in [0, 0.1) is 5.92 Å². The lowest BCUT2D eigenvalue weighted by Crippen LogP contribution is -2.44. The molecule has 1 spiro atoms. The maximum atomic E-state index is 15.9. The van der Waals surface area contributed by atoms with Crippen LogP contribution in [-0.2, 0) is 26.3 Å². The van der Waals surface area contributed by atoms with Crippen molar-refractivity contribution in [3.05, 3.63) is 83.9 Å². The first-order valence-corrected chi connectivity index (χ1v) is 16.6. The van der Waals surface area contributed by atoms with Gasteiger partial charge in [0.05, 0.1) is 17.5 Å². The van der Waals surface area contributed by atoms with Gasteiger partial charge in [-0.05, 0) is 67.9 Å². The number of fused-ring (bicyclic) bond motifs is 3. The maximum absolute atomic E-state index is 15.9. The summed E-state index contributed by atoms with van der Waals surface area (Å²) in [6, 6.07) is 22.9. The fourth-order valence-electron chi connectivity index (χ4n) is 7.04. The second kappa shape index (κ2) is 9.40. The van der Waals surface area contributed by atoms with Crippen molar-refractivity contribution in [1.82, 2.24) is 0 Å². The average molecular weight is 545 g/mol. The van der Waals surface area contributed by atoms with E-state index in [1.54, 1.807) is 22.9 Å². The summed E-state index contributed by atoms with van der Waals surface area (Å²) in [5.41, 5.74) is 2.67. The van der Waals surface area contributed by atoms with Crippen molar-refractivity contribution < 1.29 is 23.5 Å². The van der Waals surface area contributed by atoms with E-state index in [4.69, 9.17) is 4.74 Å². The Morgan fingerprint density at radius 3 is 2.38 bits per heavy atom. The monoisotopic (exact) mass is 544 g/mol. The Hall–Kier alpha value is -3.33. The summed E-state index contributed by atoms with van der Waals surface area (Å²) < 4.78 is 22.5. The SMILES string of the molecule is C[C@@H]1[C@@H]([Si](C)(C)F)[C@H](CCO)O[C@@]12C(=O)N(c1ccccc1)c1ccc(N3C(=O)CCc4ccccc43)cc12. The van der Waals surface area contributed by atoms with Crippen molar-refractivity contribution in [2.75, 3.05) is 16.4 Å². The molecular weight excluding hydrogens is 511 g/mol. The number of anilines is 4. The van der Waals surface area contributed by atoms with Crippen LogP contribution in [0.1, 0.15) is 30.9 Å². The highest BCUT2D eigenvalue weighted by Crippen LogP contribution is 2.61. The molecule has 3 aliphatic rings. The van der Waals surface area contributed by atoms with E-state index in [-0.39, 0.29) is 24.8 Å². The van der Waals surface area contributed by atoms with Crippen molar-refractivity contribution in [2.45, 2.75) is 56.5 Å². The first-order valence-electron chi connectivity index (χ1n) is 13.6. The van der Waals surface area contributed by atoms with Crippen LogP contribution in [0.3, 0.4) is 0 Å². The minimum atomic E-state index is -3.31. The summed E-state index contributed by atoms with van der Waals surface area (Å²) in [5, 5.41) is 9.83. The zero-order valence-electron chi connectivity index (χ0n) is 22.4. The number of carbonyl (C=O) groups excluding carboxylic acids is 2. The number of aryl methyl sites for hydroxylation is 1. The Morgan fingerprint density at radius 2 is 1.67 bits per heavy atom. The quantitative estimate of drug-likeness (QED) is 0.310. The molecule has 0 bridgehead atoms. The van der Waals surface area contributed by atoms with Gasteiger partial charge in [0, 0.05) is 41.4 Å². The Kier molecular flexibility index (Phi) is 6.24. The fourth-order valence-corrected chi connectivity index (χ4v) is 9.58. The first kappa shape index (κ1) is 25.9. The van der Waals surface area contributed by atoms with Crippen molar-refractivity contribution in [2.24, 2.45) is 5.92 Å². The first-order chi connectivity index (χ1) is 18.7. The number of ether oxygens (including phenoxy) is 1. The molecule has 39 heavy (non-hydrogen) atoms. The maximum Gasteiger partial charge on any atom is 0.268 e. The molecule has 202 valence electrons. The van der Waals surface area contributed by atoms with Crippen LogP contribution in [-0.4, -0.2) is 38.0 Å². The van der Waals surface area contributed by atoms with Gasteiger partial charge in [-0.3, -0.25) is 19.4 Å². The van der Waals surface area contributed by atoms with Crippen LogP contribution >= 0.6 is 0 Å². The largest absolute Gasteiger partial charge is 0.396 e. The van der Waals surface area contributed by atoms with Gasteiger partial charge in [-0.25, -0.2) is 0 Å². The third-order valence-corrected chi connectivity index (χ3v) is 11.1. The predicted molar refractivity (Wildman–Crippen MR) is 152 cm³/mol. The number of benzene rings is 3. The Balaban J connectivity index is 1.56. The van der Waals surface area contributed by atoms with Gasteiger partial charge in [0.25, 0.3) is 5.91 Å². The standard InChI is InChI=1S/C31H33FN2O4Si/c1-20-29(39(2,3)32)27(17-18-35)38-31(20)24-19-23(33-25-12-8-7-9-21(25)13-16-28(33)36)14-15-26(24)34(30(31)37)22-10-5-4-6-11-22/h4-12,14-15,19-20,27,29,35H,13,16-18H2,1-3H3/t20-,27+,29-,31+/m1/s1. The van der Waals surface area contributed by atoms with E-state index < -0.39 is 31.6 Å². The summed E-state index contributed by atoms with van der Waals surface area (Å²) in [4.78, 5) is 31.2. The number of nitrogens with zero attached hydrogens (tertiary/aromatic N) is 2. The topological polar surface area (TPSA) is 70.1 Å². The van der Waals surface area contributed by atoms with E-state index in [0.717, 1.165) is 11.3 Å². The van der Waals surface area contributed by atoms with Gasteiger partial charge in [-0.1, -0.05) is 43.3 Å². The molecule has 0 unspecified atom stereocenters. The molecule has 0 aromatic heterocycles. The average Bonchev–Trinajstić information content (AvgIpc) is 3.35. The van der Waals surface area contributed by atoms with Crippen LogP contribution in [0.25, 0.3) is 0 Å². The fraction of sp³-hybridized carbons (Fsp3) is 0.355. The molecule has 1 fully saturated rings. The summed E-state index contributed by atoms with van der Waals surface area (Å²) in [5.74, 6) is -0.747. The molecule has 3 aliphatic heterocycles. The molecule has 6 nitrogen and oxygen atoms in total. The van der Waals surface area contributed by atoms with Crippen LogP contribution in [0.15, 0.2) is 72.8 Å². The summed E-state index contributed by atoms with van der Waals surface area (Å²) in [6.45, 7) is 5.05. The van der Waals surface area contributed by atoms with Crippen LogP contribution in [0.4, 0.5) is 26.9 Å². The number of amides is 2. The minimum Gasteiger partial charge on any atom is -0.396 e. The van der Waals surface area contributed by atoms with Crippen molar-refractivity contribution in [3.63, 3.8) is 0 Å². The zero-order chi connectivity index (χ0) is 27.5. The van der Waals surface area contributed by atoms with Crippen molar-refractivity contribution >= 4 is 43.0 Å². The molecule has 0 radical (unpaired) electrons. The smallest absolute Gasteiger partial charge is 0.268 e. The van der Waals surface area contributed by atoms with Crippen LogP contribution < -0.4 is 9.80 Å². The van der Waals surface area contributed by atoms with E-state index in [1.165, 1.54) is 0 Å². The molecule has 0 aliphatic carbocycles. The molecule has 3 aromatic carbocycles. The highest BCUT2D eigenvalue weighted by Gasteiger charge is 2.67. The van der Waals surface area contributed by atoms with Crippen molar-refractivity contribution in [3.8, 4) is 0 Å². The number of halogens is 1. The van der Waals surface area contributed by atoms with Gasteiger partial charge in [0.2, 0.25) is 14.3 Å². The molecule has 6 rings (SSSR count). The van der Waals surface area contributed by atoms with Gasteiger partial charge in [0.1, 0.15) is 0 Å². The van der Waals surface area contributed by atoms with Gasteiger partial charge in [0.15, 0.2) is 5.60 Å². The highest BCUT2D eigenvalue weighted by atomic mass is 28.4. The van der Waals surface area contributed by atoms with E-state index in [9.17, 15) is 14.7 Å². The summed E-state index contributed by atoms with van der Waals surface area (Å²) in [7, 11) is -3.31. The molecule has 4 atom stereocenters. The summed E-state index contributed by atoms with van der Waals surface area (Å²) in [6.07, 6.45) is 0.735. The number of rotatable bonds is 5. The van der Waals surface area contributed by atoms with Gasteiger partial charge in [-0.15, -0.1) is 0 Å². The number of para-hydroxylation sites is 2. The van der Waals surface area contributed by atoms with Gasteiger partial charge in [-0.2, -0.15) is 0 Å². The number of hydrogen-bond acceptors (Lipinski definition) is 4. The zero-order valence-corrected chi connectivity index (χ0v) is 23.4. The predicted octanol–water partition coefficient (Wildman–Crippen LogP) is 6.13. The third kappa shape index (κ3) is 3.88. The molecular formula is C31H33FN2O4Si. The molecule has 1 N–H and O–H groups in total. The Bertz CT molecular complexity index is 1440. The van der Waals surface area contributed by atoms with E-state index >= 15 is 4.11 Å². The number of aliphatic hydroxyl groups is 1. The van der Waals surface area contributed by atoms with E-state index in [1.807, 2.05) is 79.7 Å². The van der Waals surface area contributed by atoms with Gasteiger partial charge >= 0.3 is 0 Å². The molecule has 1 saturated heterocycles. The lowest BCUT2D eigenvalue weighted by Gasteiger charge is -2.32.